The maximum atomic E-state index is 14.4. The quantitative estimate of drug-likeness (QED) is 0.437. The zero-order valence-electron chi connectivity index (χ0n) is 17.7. The number of benzene rings is 1. The van der Waals surface area contributed by atoms with Crippen molar-refractivity contribution in [2.45, 2.75) is 59.2 Å². The summed E-state index contributed by atoms with van der Waals surface area (Å²) in [5.41, 5.74) is 2.20. The van der Waals surface area contributed by atoms with Gasteiger partial charge in [0.25, 0.3) is 5.91 Å². The molecule has 0 aliphatic carbocycles. The summed E-state index contributed by atoms with van der Waals surface area (Å²) in [4.78, 5) is 12.9. The highest BCUT2D eigenvalue weighted by atomic mass is 127. The molecule has 0 bridgehead atoms. The van der Waals surface area contributed by atoms with Gasteiger partial charge in [-0.15, -0.1) is 0 Å². The Morgan fingerprint density at radius 3 is 2.45 bits per heavy atom. The number of aromatic nitrogens is 3. The number of hydrogen-bond donors (Lipinski definition) is 0. The Bertz CT molecular complexity index is 1120. The minimum Gasteiger partial charge on any atom is -0.379 e. The number of ether oxygens (including phenoxy) is 1. The van der Waals surface area contributed by atoms with Crippen molar-refractivity contribution in [1.29, 1.82) is 0 Å². The molecular formula is C22H27FIN3O2. The number of carbonyl (C=O) groups excluding carboxylic acids is 1. The molecule has 1 aliphatic heterocycles. The highest BCUT2D eigenvalue weighted by Crippen LogP contribution is 2.43. The third kappa shape index (κ3) is 3.12. The van der Waals surface area contributed by atoms with Gasteiger partial charge in [-0.3, -0.25) is 4.79 Å². The second kappa shape index (κ2) is 6.77. The van der Waals surface area contributed by atoms with E-state index < -0.39 is 11.6 Å². The second-order valence-electron chi connectivity index (χ2n) is 9.54. The first-order valence-corrected chi connectivity index (χ1v) is 11.0. The van der Waals surface area contributed by atoms with Crippen molar-refractivity contribution in [3.63, 3.8) is 0 Å². The molecule has 29 heavy (non-hydrogen) atoms. The molecule has 1 unspecified atom stereocenters. The molecule has 0 saturated carbocycles. The largest absolute Gasteiger partial charge is 0.379 e. The van der Waals surface area contributed by atoms with E-state index in [1.807, 2.05) is 39.8 Å². The van der Waals surface area contributed by atoms with E-state index in [4.69, 9.17) is 4.74 Å². The van der Waals surface area contributed by atoms with E-state index in [0.717, 1.165) is 31.1 Å². The van der Waals surface area contributed by atoms with Crippen LogP contribution in [-0.2, 0) is 10.2 Å². The summed E-state index contributed by atoms with van der Waals surface area (Å²) in [5, 5.41) is 6.27. The predicted molar refractivity (Wildman–Crippen MR) is 121 cm³/mol. The van der Waals surface area contributed by atoms with Gasteiger partial charge in [-0.1, -0.05) is 20.8 Å². The maximum Gasteiger partial charge on any atom is 0.252 e. The molecule has 2 aromatic heterocycles. The molecule has 3 aromatic rings. The van der Waals surface area contributed by atoms with Gasteiger partial charge in [-0.25, -0.2) is 4.39 Å². The fourth-order valence-electron chi connectivity index (χ4n) is 4.00. The van der Waals surface area contributed by atoms with E-state index >= 15 is 0 Å². The van der Waals surface area contributed by atoms with Crippen LogP contribution in [-0.4, -0.2) is 39.6 Å². The first-order valence-electron chi connectivity index (χ1n) is 9.94. The molecule has 0 radical (unpaired) electrons. The van der Waals surface area contributed by atoms with Crippen LogP contribution in [0.15, 0.2) is 18.3 Å². The fourth-order valence-corrected chi connectivity index (χ4v) is 5.34. The molecule has 2 atom stereocenters. The maximum absolute atomic E-state index is 14.4. The van der Waals surface area contributed by atoms with Crippen LogP contribution in [0.3, 0.4) is 0 Å². The van der Waals surface area contributed by atoms with Gasteiger partial charge in [-0.05, 0) is 55.5 Å². The average Bonchev–Trinajstić information content (AvgIpc) is 3.15. The number of rotatable bonds is 3. The monoisotopic (exact) mass is 511 g/mol. The molecule has 5 nitrogen and oxygen atoms in total. The number of fused-ring (bicyclic) bond motifs is 2. The van der Waals surface area contributed by atoms with Crippen LogP contribution in [0.2, 0.25) is 0 Å². The highest BCUT2D eigenvalue weighted by Gasteiger charge is 2.42. The van der Waals surface area contributed by atoms with Gasteiger partial charge in [0.2, 0.25) is 0 Å². The summed E-state index contributed by atoms with van der Waals surface area (Å²) in [6, 6.07) is 3.76. The predicted octanol–water partition coefficient (Wildman–Crippen LogP) is 5.49. The standard InChI is InChI=1S/C22H27FIN3O2/c1-12(23)13(2)26-17-7-14-9-25-27(20(28)21(3,4)5)16(14)8-15(17)18(24)19(26)22(6)10-29-11-22/h7-9,12-13H,10-11H2,1-6H3/t12?,13-/m1/s1. The van der Waals surface area contributed by atoms with Crippen molar-refractivity contribution in [3.05, 3.63) is 27.6 Å². The number of carbonyl (C=O) groups is 1. The Kier molecular flexibility index (Phi) is 4.85. The van der Waals surface area contributed by atoms with Crippen molar-refractivity contribution in [3.8, 4) is 0 Å². The first kappa shape index (κ1) is 20.8. The fraction of sp³-hybridized carbons (Fsp3) is 0.545. The Hall–Kier alpha value is -1.48. The van der Waals surface area contributed by atoms with Crippen molar-refractivity contribution in [1.82, 2.24) is 14.3 Å². The Morgan fingerprint density at radius 1 is 1.28 bits per heavy atom. The number of nitrogens with zero attached hydrogens (tertiary/aromatic N) is 3. The average molecular weight is 511 g/mol. The molecule has 4 rings (SSSR count). The van der Waals surface area contributed by atoms with E-state index in [1.54, 1.807) is 13.1 Å². The minimum atomic E-state index is -0.995. The van der Waals surface area contributed by atoms with E-state index in [2.05, 4.69) is 39.2 Å². The van der Waals surface area contributed by atoms with E-state index in [9.17, 15) is 9.18 Å². The van der Waals surface area contributed by atoms with Gasteiger partial charge in [0.05, 0.1) is 41.9 Å². The highest BCUT2D eigenvalue weighted by molar-refractivity contribution is 14.1. The van der Waals surface area contributed by atoms with Crippen LogP contribution in [0.25, 0.3) is 21.8 Å². The van der Waals surface area contributed by atoms with Crippen LogP contribution in [0.5, 0.6) is 0 Å². The van der Waals surface area contributed by atoms with Gasteiger partial charge < -0.3 is 9.30 Å². The zero-order valence-corrected chi connectivity index (χ0v) is 19.9. The number of hydrogen-bond acceptors (Lipinski definition) is 3. The zero-order chi connectivity index (χ0) is 21.3. The summed E-state index contributed by atoms with van der Waals surface area (Å²) >= 11 is 2.36. The van der Waals surface area contributed by atoms with Gasteiger partial charge in [0.15, 0.2) is 0 Å². The van der Waals surface area contributed by atoms with Gasteiger partial charge in [-0.2, -0.15) is 9.78 Å². The van der Waals surface area contributed by atoms with E-state index in [-0.39, 0.29) is 17.4 Å². The van der Waals surface area contributed by atoms with Gasteiger partial charge in [0.1, 0.15) is 6.17 Å². The molecule has 1 aliphatic rings. The summed E-state index contributed by atoms with van der Waals surface area (Å²) < 4.78 is 24.7. The number of halogens is 2. The summed E-state index contributed by atoms with van der Waals surface area (Å²) in [6.07, 6.45) is 0.727. The van der Waals surface area contributed by atoms with Gasteiger partial charge >= 0.3 is 0 Å². The molecule has 0 N–H and O–H groups in total. The summed E-state index contributed by atoms with van der Waals surface area (Å²) in [6.45, 7) is 12.6. The molecule has 1 fully saturated rings. The normalized spacial score (nSPS) is 18.8. The lowest BCUT2D eigenvalue weighted by Crippen LogP contribution is -2.46. The molecule has 1 saturated heterocycles. The van der Waals surface area contributed by atoms with Crippen LogP contribution >= 0.6 is 22.6 Å². The molecule has 7 heteroatoms. The molecule has 0 spiro atoms. The first-order chi connectivity index (χ1) is 13.5. The lowest BCUT2D eigenvalue weighted by molar-refractivity contribution is -0.0547. The Balaban J connectivity index is 2.03. The third-order valence-corrected chi connectivity index (χ3v) is 7.04. The van der Waals surface area contributed by atoms with Crippen molar-refractivity contribution in [2.24, 2.45) is 5.41 Å². The molecule has 0 amide bonds. The van der Waals surface area contributed by atoms with Crippen LogP contribution in [0.1, 0.15) is 58.1 Å². The Labute approximate surface area is 183 Å². The van der Waals surface area contributed by atoms with Crippen molar-refractivity contribution in [2.75, 3.05) is 13.2 Å². The summed E-state index contributed by atoms with van der Waals surface area (Å²) in [5.74, 6) is -0.0494. The Morgan fingerprint density at radius 2 is 1.93 bits per heavy atom. The molecule has 3 heterocycles. The summed E-state index contributed by atoms with van der Waals surface area (Å²) in [7, 11) is 0. The van der Waals surface area contributed by atoms with Crippen LogP contribution < -0.4 is 0 Å². The smallest absolute Gasteiger partial charge is 0.252 e. The molecular weight excluding hydrogens is 484 g/mol. The second-order valence-corrected chi connectivity index (χ2v) is 10.6. The van der Waals surface area contributed by atoms with Gasteiger partial charge in [0, 0.05) is 25.5 Å². The number of alkyl halides is 1. The lowest BCUT2D eigenvalue weighted by atomic mass is 9.84. The van der Waals surface area contributed by atoms with E-state index in [1.165, 1.54) is 4.68 Å². The van der Waals surface area contributed by atoms with Crippen LogP contribution in [0, 0.1) is 8.99 Å². The topological polar surface area (TPSA) is 49.0 Å². The van der Waals surface area contributed by atoms with Crippen LogP contribution in [0.4, 0.5) is 4.39 Å². The van der Waals surface area contributed by atoms with Crippen molar-refractivity contribution < 1.29 is 13.9 Å². The van der Waals surface area contributed by atoms with E-state index in [0.29, 0.717) is 13.2 Å². The SMILES string of the molecule is CC(F)[C@@H](C)n1c(C2(C)COC2)c(I)c2cc3c(cnn3C(=O)C(C)(C)C)cc21. The third-order valence-electron chi connectivity index (χ3n) is 5.95. The minimum absolute atomic E-state index is 0.0494. The molecule has 1 aromatic carbocycles. The van der Waals surface area contributed by atoms with Crippen molar-refractivity contribution >= 4 is 50.3 Å². The lowest BCUT2D eigenvalue weighted by Gasteiger charge is -2.40. The molecule has 156 valence electrons.